The zero-order chi connectivity index (χ0) is 19.7. The number of benzene rings is 1. The second-order valence-corrected chi connectivity index (χ2v) is 7.82. The predicted molar refractivity (Wildman–Crippen MR) is 112 cm³/mol. The van der Waals surface area contributed by atoms with Gasteiger partial charge in [-0.1, -0.05) is 37.3 Å². The van der Waals surface area contributed by atoms with Crippen LogP contribution in [0.3, 0.4) is 0 Å². The molecule has 1 saturated heterocycles. The minimum Gasteiger partial charge on any atom is -0.336 e. The van der Waals surface area contributed by atoms with Crippen molar-refractivity contribution in [1.29, 1.82) is 0 Å². The molecular weight excluding hydrogens is 348 g/mol. The third-order valence-electron chi connectivity index (χ3n) is 5.72. The number of pyridine rings is 1. The van der Waals surface area contributed by atoms with Crippen LogP contribution in [-0.4, -0.2) is 56.8 Å². The first kappa shape index (κ1) is 18.7. The van der Waals surface area contributed by atoms with E-state index >= 15 is 0 Å². The van der Waals surface area contributed by atoms with Crippen molar-refractivity contribution in [2.24, 2.45) is 0 Å². The zero-order valence-electron chi connectivity index (χ0n) is 16.9. The number of hydrogen-bond acceptors (Lipinski definition) is 3. The highest BCUT2D eigenvalue weighted by atomic mass is 16.2. The highest BCUT2D eigenvalue weighted by Crippen LogP contribution is 2.21. The Bertz CT molecular complexity index is 963. The van der Waals surface area contributed by atoms with Crippen molar-refractivity contribution in [2.75, 3.05) is 19.6 Å². The normalized spacial score (nSPS) is 18.1. The maximum Gasteiger partial charge on any atom is 0.255 e. The molecule has 0 spiro atoms. The molecule has 1 aromatic carbocycles. The molecule has 1 fully saturated rings. The van der Waals surface area contributed by atoms with Gasteiger partial charge in [0.25, 0.3) is 5.91 Å². The van der Waals surface area contributed by atoms with Crippen LogP contribution in [-0.2, 0) is 0 Å². The molecule has 5 nitrogen and oxygen atoms in total. The molecule has 28 heavy (non-hydrogen) atoms. The number of hydrogen-bond donors (Lipinski definition) is 0. The first-order chi connectivity index (χ1) is 13.6. The van der Waals surface area contributed by atoms with E-state index in [2.05, 4.69) is 30.7 Å². The Morgan fingerprint density at radius 2 is 1.89 bits per heavy atom. The van der Waals surface area contributed by atoms with E-state index < -0.39 is 0 Å². The maximum absolute atomic E-state index is 13.1. The van der Waals surface area contributed by atoms with Crippen LogP contribution in [0.2, 0.25) is 0 Å². The SMILES string of the molecule is CC[C@H]1CN(C(=O)c2ccc3nc(-c4ccccc4)cn3c2)CCN1C(C)C. The van der Waals surface area contributed by atoms with Crippen LogP contribution in [0.5, 0.6) is 0 Å². The summed E-state index contributed by atoms with van der Waals surface area (Å²) in [5, 5.41) is 0. The Labute approximate surface area is 166 Å². The van der Waals surface area contributed by atoms with E-state index in [4.69, 9.17) is 0 Å². The Kier molecular flexibility index (Phi) is 5.18. The average molecular weight is 377 g/mol. The molecule has 1 aliphatic rings. The number of carbonyl (C=O) groups excluding carboxylic acids is 1. The average Bonchev–Trinajstić information content (AvgIpc) is 3.16. The standard InChI is InChI=1S/C23H28N4O/c1-4-20-15-25(12-13-27(20)17(2)3)23(28)19-10-11-22-24-21(16-26(22)14-19)18-8-6-5-7-9-18/h5-11,14,16-17,20H,4,12-13,15H2,1-3H3/t20-/m0/s1. The van der Waals surface area contributed by atoms with E-state index in [0.717, 1.165) is 48.5 Å². The summed E-state index contributed by atoms with van der Waals surface area (Å²) in [6, 6.07) is 14.9. The lowest BCUT2D eigenvalue weighted by atomic mass is 10.1. The number of piperazine rings is 1. The molecule has 1 atom stereocenters. The number of rotatable bonds is 4. The number of carbonyl (C=O) groups is 1. The summed E-state index contributed by atoms with van der Waals surface area (Å²) >= 11 is 0. The molecule has 0 N–H and O–H groups in total. The monoisotopic (exact) mass is 376 g/mol. The van der Waals surface area contributed by atoms with Crippen LogP contribution in [0.25, 0.3) is 16.9 Å². The molecule has 0 aliphatic carbocycles. The first-order valence-corrected chi connectivity index (χ1v) is 10.2. The number of fused-ring (bicyclic) bond motifs is 1. The second-order valence-electron chi connectivity index (χ2n) is 7.82. The van der Waals surface area contributed by atoms with Crippen molar-refractivity contribution < 1.29 is 4.79 Å². The van der Waals surface area contributed by atoms with Gasteiger partial charge in [-0.05, 0) is 32.4 Å². The second kappa shape index (κ2) is 7.76. The van der Waals surface area contributed by atoms with Crippen LogP contribution >= 0.6 is 0 Å². The lowest BCUT2D eigenvalue weighted by molar-refractivity contribution is 0.0371. The van der Waals surface area contributed by atoms with Crippen molar-refractivity contribution in [3.63, 3.8) is 0 Å². The third kappa shape index (κ3) is 3.54. The summed E-state index contributed by atoms with van der Waals surface area (Å²) in [6.07, 6.45) is 4.96. The smallest absolute Gasteiger partial charge is 0.255 e. The van der Waals surface area contributed by atoms with E-state index in [9.17, 15) is 4.79 Å². The fourth-order valence-electron chi connectivity index (χ4n) is 4.15. The summed E-state index contributed by atoms with van der Waals surface area (Å²) < 4.78 is 1.96. The molecular formula is C23H28N4O. The number of imidazole rings is 1. The number of amides is 1. The summed E-state index contributed by atoms with van der Waals surface area (Å²) in [6.45, 7) is 9.19. The van der Waals surface area contributed by atoms with Gasteiger partial charge in [0.15, 0.2) is 0 Å². The van der Waals surface area contributed by atoms with Crippen molar-refractivity contribution in [2.45, 2.75) is 39.3 Å². The van der Waals surface area contributed by atoms with Crippen LogP contribution in [0.1, 0.15) is 37.6 Å². The molecule has 0 bridgehead atoms. The summed E-state index contributed by atoms with van der Waals surface area (Å²) in [5.74, 6) is 0.110. The van der Waals surface area contributed by atoms with Gasteiger partial charge in [0.05, 0.1) is 11.3 Å². The predicted octanol–water partition coefficient (Wildman–Crippen LogP) is 3.95. The molecule has 4 rings (SSSR count). The summed E-state index contributed by atoms with van der Waals surface area (Å²) in [7, 11) is 0. The molecule has 5 heteroatoms. The van der Waals surface area contributed by atoms with Crippen LogP contribution in [0.4, 0.5) is 0 Å². The lowest BCUT2D eigenvalue weighted by Crippen LogP contribution is -2.56. The Balaban J connectivity index is 1.56. The Hall–Kier alpha value is -2.66. The largest absolute Gasteiger partial charge is 0.336 e. The third-order valence-corrected chi connectivity index (χ3v) is 5.72. The maximum atomic E-state index is 13.1. The number of nitrogens with zero attached hydrogens (tertiary/aromatic N) is 4. The topological polar surface area (TPSA) is 40.9 Å². The minimum absolute atomic E-state index is 0.110. The molecule has 1 aliphatic heterocycles. The van der Waals surface area contributed by atoms with Gasteiger partial charge in [-0.15, -0.1) is 0 Å². The zero-order valence-corrected chi connectivity index (χ0v) is 16.9. The summed E-state index contributed by atoms with van der Waals surface area (Å²) in [5.41, 5.74) is 3.57. The Morgan fingerprint density at radius 3 is 2.61 bits per heavy atom. The molecule has 146 valence electrons. The highest BCUT2D eigenvalue weighted by molar-refractivity contribution is 5.94. The van der Waals surface area contributed by atoms with Crippen LogP contribution < -0.4 is 0 Å². The summed E-state index contributed by atoms with van der Waals surface area (Å²) in [4.78, 5) is 22.3. The fraction of sp³-hybridized carbons (Fsp3) is 0.391. The molecule has 3 aromatic rings. The molecule has 0 saturated carbocycles. The van der Waals surface area contributed by atoms with Crippen molar-refractivity contribution in [1.82, 2.24) is 19.2 Å². The highest BCUT2D eigenvalue weighted by Gasteiger charge is 2.30. The molecule has 3 heterocycles. The van der Waals surface area contributed by atoms with E-state index in [-0.39, 0.29) is 5.91 Å². The van der Waals surface area contributed by atoms with Gasteiger partial charge in [-0.3, -0.25) is 9.69 Å². The van der Waals surface area contributed by atoms with Crippen LogP contribution in [0.15, 0.2) is 54.9 Å². The lowest BCUT2D eigenvalue weighted by Gasteiger charge is -2.43. The fourth-order valence-corrected chi connectivity index (χ4v) is 4.15. The minimum atomic E-state index is 0.110. The molecule has 1 amide bonds. The van der Waals surface area contributed by atoms with Crippen molar-refractivity contribution >= 4 is 11.6 Å². The van der Waals surface area contributed by atoms with Gasteiger partial charge in [0, 0.05) is 49.7 Å². The molecule has 0 radical (unpaired) electrons. The van der Waals surface area contributed by atoms with Gasteiger partial charge in [-0.2, -0.15) is 0 Å². The van der Waals surface area contributed by atoms with E-state index in [1.165, 1.54) is 0 Å². The quantitative estimate of drug-likeness (QED) is 0.692. The van der Waals surface area contributed by atoms with E-state index in [1.54, 1.807) is 0 Å². The molecule has 2 aromatic heterocycles. The number of aromatic nitrogens is 2. The van der Waals surface area contributed by atoms with Crippen LogP contribution in [0, 0.1) is 0 Å². The molecule has 0 unspecified atom stereocenters. The van der Waals surface area contributed by atoms with Crippen molar-refractivity contribution in [3.8, 4) is 11.3 Å². The van der Waals surface area contributed by atoms with Gasteiger partial charge >= 0.3 is 0 Å². The van der Waals surface area contributed by atoms with Gasteiger partial charge in [0.1, 0.15) is 5.65 Å². The Morgan fingerprint density at radius 1 is 1.11 bits per heavy atom. The van der Waals surface area contributed by atoms with Crippen molar-refractivity contribution in [3.05, 3.63) is 60.4 Å². The van der Waals surface area contributed by atoms with Gasteiger partial charge < -0.3 is 9.30 Å². The van der Waals surface area contributed by atoms with E-state index in [0.29, 0.717) is 12.1 Å². The van der Waals surface area contributed by atoms with E-state index in [1.807, 2.05) is 64.2 Å². The van der Waals surface area contributed by atoms with Gasteiger partial charge in [-0.25, -0.2) is 4.98 Å². The van der Waals surface area contributed by atoms with Gasteiger partial charge in [0.2, 0.25) is 0 Å². The first-order valence-electron chi connectivity index (χ1n) is 10.2.